The summed E-state index contributed by atoms with van der Waals surface area (Å²) in [4.78, 5) is 5.16. The fourth-order valence-corrected chi connectivity index (χ4v) is 2.56. The molecule has 96 valence electrons. The van der Waals surface area contributed by atoms with E-state index >= 15 is 0 Å². The van der Waals surface area contributed by atoms with E-state index in [0.717, 1.165) is 6.54 Å². The SMILES string of the molecule is CNCCC1CN(C)C(C)CN1C(C)(C)C. The van der Waals surface area contributed by atoms with E-state index in [9.17, 15) is 0 Å². The van der Waals surface area contributed by atoms with E-state index in [0.29, 0.717) is 12.1 Å². The summed E-state index contributed by atoms with van der Waals surface area (Å²) in [5.41, 5.74) is 0.286. The summed E-state index contributed by atoms with van der Waals surface area (Å²) in [5.74, 6) is 0. The van der Waals surface area contributed by atoms with Crippen LogP contribution in [-0.2, 0) is 0 Å². The van der Waals surface area contributed by atoms with Gasteiger partial charge in [-0.2, -0.15) is 0 Å². The molecule has 0 spiro atoms. The van der Waals surface area contributed by atoms with Crippen LogP contribution >= 0.6 is 0 Å². The van der Waals surface area contributed by atoms with Crippen molar-refractivity contribution < 1.29 is 0 Å². The maximum Gasteiger partial charge on any atom is 0.0241 e. The van der Waals surface area contributed by atoms with Gasteiger partial charge >= 0.3 is 0 Å². The molecule has 1 heterocycles. The second kappa shape index (κ2) is 5.48. The molecule has 3 heteroatoms. The van der Waals surface area contributed by atoms with Crippen LogP contribution in [0.3, 0.4) is 0 Å². The summed E-state index contributed by atoms with van der Waals surface area (Å²) in [6, 6.07) is 1.36. The minimum atomic E-state index is 0.286. The average Bonchev–Trinajstić information content (AvgIpc) is 2.17. The number of likely N-dealkylation sites (N-methyl/N-ethyl adjacent to an activating group) is 1. The molecular formula is C13H29N3. The fourth-order valence-electron chi connectivity index (χ4n) is 2.56. The Morgan fingerprint density at radius 3 is 2.38 bits per heavy atom. The molecule has 0 radical (unpaired) electrons. The quantitative estimate of drug-likeness (QED) is 0.786. The van der Waals surface area contributed by atoms with Gasteiger partial charge in [-0.05, 0) is 54.8 Å². The van der Waals surface area contributed by atoms with Crippen molar-refractivity contribution in [1.82, 2.24) is 15.1 Å². The van der Waals surface area contributed by atoms with E-state index in [1.807, 2.05) is 7.05 Å². The van der Waals surface area contributed by atoms with Crippen molar-refractivity contribution in [1.29, 1.82) is 0 Å². The molecule has 16 heavy (non-hydrogen) atoms. The highest BCUT2D eigenvalue weighted by Crippen LogP contribution is 2.24. The number of hydrogen-bond donors (Lipinski definition) is 1. The van der Waals surface area contributed by atoms with Gasteiger partial charge in [0.1, 0.15) is 0 Å². The van der Waals surface area contributed by atoms with Crippen molar-refractivity contribution in [2.45, 2.75) is 51.7 Å². The lowest BCUT2D eigenvalue weighted by atomic mass is 9.96. The van der Waals surface area contributed by atoms with Crippen LogP contribution in [-0.4, -0.2) is 61.2 Å². The predicted octanol–water partition coefficient (Wildman–Crippen LogP) is 1.40. The number of nitrogens with zero attached hydrogens (tertiary/aromatic N) is 2. The van der Waals surface area contributed by atoms with E-state index in [1.54, 1.807) is 0 Å². The molecule has 2 unspecified atom stereocenters. The van der Waals surface area contributed by atoms with Gasteiger partial charge in [0.2, 0.25) is 0 Å². The Morgan fingerprint density at radius 2 is 1.88 bits per heavy atom. The molecule has 1 rings (SSSR count). The molecule has 2 atom stereocenters. The van der Waals surface area contributed by atoms with E-state index in [4.69, 9.17) is 0 Å². The summed E-state index contributed by atoms with van der Waals surface area (Å²) in [6.45, 7) is 12.8. The molecule has 1 aliphatic heterocycles. The molecule has 1 fully saturated rings. The lowest BCUT2D eigenvalue weighted by Gasteiger charge is -2.50. The molecule has 0 aromatic heterocycles. The number of rotatable bonds is 3. The third kappa shape index (κ3) is 3.44. The maximum absolute atomic E-state index is 3.27. The minimum Gasteiger partial charge on any atom is -0.320 e. The van der Waals surface area contributed by atoms with Crippen molar-refractivity contribution in [3.8, 4) is 0 Å². The lowest BCUT2D eigenvalue weighted by Crippen LogP contribution is -2.61. The van der Waals surface area contributed by atoms with Gasteiger partial charge in [-0.15, -0.1) is 0 Å². The summed E-state index contributed by atoms with van der Waals surface area (Å²) in [7, 11) is 4.29. The molecule has 0 aliphatic carbocycles. The molecule has 0 bridgehead atoms. The molecular weight excluding hydrogens is 198 g/mol. The van der Waals surface area contributed by atoms with Crippen LogP contribution in [0, 0.1) is 0 Å². The normalized spacial score (nSPS) is 29.6. The van der Waals surface area contributed by atoms with Gasteiger partial charge in [0, 0.05) is 30.7 Å². The topological polar surface area (TPSA) is 18.5 Å². The summed E-state index contributed by atoms with van der Waals surface area (Å²) < 4.78 is 0. The van der Waals surface area contributed by atoms with Crippen molar-refractivity contribution in [2.75, 3.05) is 33.7 Å². The minimum absolute atomic E-state index is 0.286. The van der Waals surface area contributed by atoms with Crippen LogP contribution in [0.4, 0.5) is 0 Å². The lowest BCUT2D eigenvalue weighted by molar-refractivity contribution is -0.0105. The molecule has 1 saturated heterocycles. The Kier molecular flexibility index (Phi) is 4.77. The molecule has 0 saturated carbocycles. The van der Waals surface area contributed by atoms with Crippen LogP contribution in [0.25, 0.3) is 0 Å². The molecule has 3 nitrogen and oxygen atoms in total. The van der Waals surface area contributed by atoms with Crippen molar-refractivity contribution in [3.63, 3.8) is 0 Å². The number of nitrogens with one attached hydrogen (secondary N) is 1. The predicted molar refractivity (Wildman–Crippen MR) is 70.9 cm³/mol. The Bertz CT molecular complexity index is 210. The molecule has 1 N–H and O–H groups in total. The van der Waals surface area contributed by atoms with Gasteiger partial charge in [-0.25, -0.2) is 0 Å². The zero-order valence-corrected chi connectivity index (χ0v) is 11.9. The van der Waals surface area contributed by atoms with E-state index < -0.39 is 0 Å². The van der Waals surface area contributed by atoms with Gasteiger partial charge in [-0.3, -0.25) is 4.90 Å². The van der Waals surface area contributed by atoms with Crippen molar-refractivity contribution >= 4 is 0 Å². The first kappa shape index (κ1) is 13.9. The average molecular weight is 227 g/mol. The van der Waals surface area contributed by atoms with Crippen LogP contribution in [0.2, 0.25) is 0 Å². The van der Waals surface area contributed by atoms with Gasteiger partial charge < -0.3 is 10.2 Å². The highest BCUT2D eigenvalue weighted by molar-refractivity contribution is 4.91. The second-order valence-corrected chi connectivity index (χ2v) is 6.16. The highest BCUT2D eigenvalue weighted by atomic mass is 15.3. The van der Waals surface area contributed by atoms with Gasteiger partial charge in [-0.1, -0.05) is 0 Å². The van der Waals surface area contributed by atoms with Gasteiger partial charge in [0.05, 0.1) is 0 Å². The second-order valence-electron chi connectivity index (χ2n) is 6.16. The van der Waals surface area contributed by atoms with E-state index in [-0.39, 0.29) is 5.54 Å². The molecule has 0 aromatic carbocycles. The Morgan fingerprint density at radius 1 is 1.25 bits per heavy atom. The first-order valence-electron chi connectivity index (χ1n) is 6.48. The summed E-state index contributed by atoms with van der Waals surface area (Å²) >= 11 is 0. The van der Waals surface area contributed by atoms with Crippen LogP contribution in [0.1, 0.15) is 34.1 Å². The monoisotopic (exact) mass is 227 g/mol. The fraction of sp³-hybridized carbons (Fsp3) is 1.00. The van der Waals surface area contributed by atoms with Crippen LogP contribution in [0.5, 0.6) is 0 Å². The zero-order chi connectivity index (χ0) is 12.3. The standard InChI is InChI=1S/C13H29N3/c1-11-9-16(13(2,3)4)12(7-8-14-5)10-15(11)6/h11-12,14H,7-10H2,1-6H3. The molecule has 1 aliphatic rings. The highest BCUT2D eigenvalue weighted by Gasteiger charge is 2.35. The zero-order valence-electron chi connectivity index (χ0n) is 11.9. The van der Waals surface area contributed by atoms with E-state index in [1.165, 1.54) is 19.5 Å². The molecule has 0 amide bonds. The Balaban J connectivity index is 2.68. The van der Waals surface area contributed by atoms with Crippen LogP contribution in [0.15, 0.2) is 0 Å². The first-order chi connectivity index (χ1) is 7.36. The van der Waals surface area contributed by atoms with Crippen molar-refractivity contribution in [3.05, 3.63) is 0 Å². The first-order valence-corrected chi connectivity index (χ1v) is 6.48. The summed E-state index contributed by atoms with van der Waals surface area (Å²) in [5, 5.41) is 3.27. The largest absolute Gasteiger partial charge is 0.320 e. The third-order valence-corrected chi connectivity index (χ3v) is 3.74. The Hall–Kier alpha value is -0.120. The van der Waals surface area contributed by atoms with Gasteiger partial charge in [0.25, 0.3) is 0 Å². The molecule has 0 aromatic rings. The Labute approximate surface area is 101 Å². The van der Waals surface area contributed by atoms with Crippen LogP contribution < -0.4 is 5.32 Å². The van der Waals surface area contributed by atoms with Gasteiger partial charge in [0.15, 0.2) is 0 Å². The van der Waals surface area contributed by atoms with E-state index in [2.05, 4.69) is 49.9 Å². The van der Waals surface area contributed by atoms with Crippen molar-refractivity contribution in [2.24, 2.45) is 0 Å². The third-order valence-electron chi connectivity index (χ3n) is 3.74. The number of hydrogen-bond acceptors (Lipinski definition) is 3. The smallest absolute Gasteiger partial charge is 0.0241 e. The number of piperazine rings is 1. The maximum atomic E-state index is 3.27. The summed E-state index contributed by atoms with van der Waals surface area (Å²) in [6.07, 6.45) is 1.24.